The number of hydrogen-bond acceptors (Lipinski definition) is 3. The van der Waals surface area contributed by atoms with Gasteiger partial charge in [-0.3, -0.25) is 4.99 Å². The van der Waals surface area contributed by atoms with Crippen molar-refractivity contribution in [2.45, 2.75) is 39.8 Å². The Bertz CT molecular complexity index is 1190. The summed E-state index contributed by atoms with van der Waals surface area (Å²) >= 11 is 0. The highest BCUT2D eigenvalue weighted by atomic mass is 19.4. The van der Waals surface area contributed by atoms with E-state index in [1.807, 2.05) is 39.0 Å². The summed E-state index contributed by atoms with van der Waals surface area (Å²) in [6.45, 7) is 8.18. The van der Waals surface area contributed by atoms with Crippen LogP contribution in [0.4, 0.5) is 30.2 Å². The smallest absolute Gasteiger partial charge is 0.332 e. The number of anilines is 2. The van der Waals surface area contributed by atoms with Gasteiger partial charge in [0.25, 0.3) is 0 Å². The van der Waals surface area contributed by atoms with Crippen LogP contribution in [0.2, 0.25) is 0 Å². The largest absolute Gasteiger partial charge is 0.406 e. The average molecular weight is 450 g/mol. The lowest BCUT2D eigenvalue weighted by Gasteiger charge is -2.27. The van der Waals surface area contributed by atoms with E-state index in [4.69, 9.17) is 0 Å². The number of nitrogens with zero attached hydrogens (tertiary/aromatic N) is 3. The number of hydrogen-bond donors (Lipinski definition) is 0. The monoisotopic (exact) mass is 449 g/mol. The van der Waals surface area contributed by atoms with Gasteiger partial charge in [0, 0.05) is 11.4 Å². The van der Waals surface area contributed by atoms with E-state index in [1.165, 1.54) is 4.90 Å². The molecule has 0 N–H and O–H groups in total. The topological polar surface area (TPSA) is 39.4 Å². The van der Waals surface area contributed by atoms with Crippen LogP contribution in [-0.4, -0.2) is 19.4 Å². The van der Waals surface area contributed by atoms with Gasteiger partial charge >= 0.3 is 6.18 Å². The molecule has 0 bridgehead atoms. The van der Waals surface area contributed by atoms with E-state index >= 15 is 0 Å². The van der Waals surface area contributed by atoms with Crippen LogP contribution in [0, 0.1) is 25.2 Å². The van der Waals surface area contributed by atoms with Crippen LogP contribution in [0.25, 0.3) is 11.1 Å². The minimum absolute atomic E-state index is 0.364. The van der Waals surface area contributed by atoms with Gasteiger partial charge in [-0.25, -0.2) is 0 Å². The fourth-order valence-corrected chi connectivity index (χ4v) is 3.92. The Morgan fingerprint density at radius 3 is 2.18 bits per heavy atom. The highest BCUT2D eigenvalue weighted by Gasteiger charge is 2.32. The van der Waals surface area contributed by atoms with E-state index in [-0.39, 0.29) is 0 Å². The normalized spacial score (nSPS) is 11.2. The molecule has 0 radical (unpaired) electrons. The Morgan fingerprint density at radius 1 is 0.970 bits per heavy atom. The molecular formula is C27H26F3N3. The third-order valence-electron chi connectivity index (χ3n) is 5.67. The second-order valence-corrected chi connectivity index (χ2v) is 8.05. The molecule has 0 saturated carbocycles. The number of benzene rings is 3. The first-order valence-corrected chi connectivity index (χ1v) is 10.7. The van der Waals surface area contributed by atoms with E-state index in [0.717, 1.165) is 39.9 Å². The molecule has 33 heavy (non-hydrogen) atoms. The van der Waals surface area contributed by atoms with Crippen molar-refractivity contribution >= 4 is 23.8 Å². The number of rotatable bonds is 7. The molecule has 0 amide bonds. The summed E-state index contributed by atoms with van der Waals surface area (Å²) in [5, 5.41) is 9.54. The van der Waals surface area contributed by atoms with Crippen molar-refractivity contribution in [2.24, 2.45) is 4.99 Å². The maximum Gasteiger partial charge on any atom is 0.406 e. The van der Waals surface area contributed by atoms with Gasteiger partial charge in [0.15, 0.2) is 0 Å². The van der Waals surface area contributed by atoms with Gasteiger partial charge in [-0.05, 0) is 91.2 Å². The molecule has 0 fully saturated rings. The molecule has 0 unspecified atom stereocenters. The molecule has 0 spiro atoms. The molecular weight excluding hydrogens is 423 g/mol. The van der Waals surface area contributed by atoms with Crippen LogP contribution in [0.1, 0.15) is 35.6 Å². The number of alkyl halides is 3. The summed E-state index contributed by atoms with van der Waals surface area (Å²) in [5.74, 6) is 0. The number of nitriles is 1. The molecule has 3 aromatic carbocycles. The summed E-state index contributed by atoms with van der Waals surface area (Å²) in [7, 11) is 0. The van der Waals surface area contributed by atoms with Gasteiger partial charge in [0.1, 0.15) is 6.54 Å². The molecule has 0 aliphatic rings. The lowest BCUT2D eigenvalue weighted by Crippen LogP contribution is -2.30. The molecule has 0 aliphatic carbocycles. The highest BCUT2D eigenvalue weighted by Crippen LogP contribution is 2.34. The first kappa shape index (κ1) is 24.1. The Labute approximate surface area is 192 Å². The zero-order chi connectivity index (χ0) is 24.2. The molecule has 3 nitrogen and oxygen atoms in total. The first-order valence-electron chi connectivity index (χ1n) is 10.7. The van der Waals surface area contributed by atoms with Crippen LogP contribution in [-0.2, 0) is 6.42 Å². The molecule has 170 valence electrons. The fraction of sp³-hybridized carbons (Fsp3) is 0.259. The Morgan fingerprint density at radius 2 is 1.64 bits per heavy atom. The van der Waals surface area contributed by atoms with E-state index < -0.39 is 12.7 Å². The summed E-state index contributed by atoms with van der Waals surface area (Å²) in [6.07, 6.45) is -2.88. The lowest BCUT2D eigenvalue weighted by atomic mass is 9.97. The first-order chi connectivity index (χ1) is 15.7. The Kier molecular flexibility index (Phi) is 7.23. The van der Waals surface area contributed by atoms with Crippen LogP contribution < -0.4 is 4.90 Å². The number of aryl methyl sites for hydroxylation is 2. The minimum Gasteiger partial charge on any atom is -0.332 e. The van der Waals surface area contributed by atoms with Crippen LogP contribution in [0.5, 0.6) is 0 Å². The van der Waals surface area contributed by atoms with Crippen molar-refractivity contribution in [1.82, 2.24) is 0 Å². The molecule has 3 rings (SSSR count). The summed E-state index contributed by atoms with van der Waals surface area (Å²) in [5.41, 5.74) is 6.47. The second-order valence-electron chi connectivity index (χ2n) is 8.05. The van der Waals surface area contributed by atoms with Crippen molar-refractivity contribution in [3.8, 4) is 17.2 Å². The van der Waals surface area contributed by atoms with Gasteiger partial charge in [-0.15, -0.1) is 0 Å². The van der Waals surface area contributed by atoms with Gasteiger partial charge in [0.2, 0.25) is 0 Å². The molecule has 3 aromatic rings. The van der Waals surface area contributed by atoms with Crippen molar-refractivity contribution < 1.29 is 13.2 Å². The van der Waals surface area contributed by atoms with Gasteiger partial charge in [0.05, 0.1) is 17.3 Å². The summed E-state index contributed by atoms with van der Waals surface area (Å²) in [6, 6.07) is 18.2. The molecule has 0 aromatic heterocycles. The average Bonchev–Trinajstić information content (AvgIpc) is 2.78. The molecule has 0 atom stereocenters. The minimum atomic E-state index is -4.41. The van der Waals surface area contributed by atoms with Crippen molar-refractivity contribution in [2.75, 3.05) is 11.4 Å². The highest BCUT2D eigenvalue weighted by molar-refractivity contribution is 5.73. The lowest BCUT2D eigenvalue weighted by molar-refractivity contribution is -0.118. The predicted octanol–water partition coefficient (Wildman–Crippen LogP) is 7.83. The van der Waals surface area contributed by atoms with E-state index in [1.54, 1.807) is 36.4 Å². The van der Waals surface area contributed by atoms with E-state index in [9.17, 15) is 18.4 Å². The Balaban J connectivity index is 2.05. The molecule has 0 saturated heterocycles. The van der Waals surface area contributed by atoms with E-state index in [0.29, 0.717) is 23.4 Å². The van der Waals surface area contributed by atoms with Crippen molar-refractivity contribution in [1.29, 1.82) is 5.26 Å². The van der Waals surface area contributed by atoms with E-state index in [2.05, 4.69) is 17.8 Å². The van der Waals surface area contributed by atoms with Crippen LogP contribution in [0.15, 0.2) is 59.6 Å². The van der Waals surface area contributed by atoms with Gasteiger partial charge in [-0.1, -0.05) is 31.5 Å². The third-order valence-corrected chi connectivity index (χ3v) is 5.67. The van der Waals surface area contributed by atoms with Gasteiger partial charge < -0.3 is 4.90 Å². The zero-order valence-electron chi connectivity index (χ0n) is 19.0. The zero-order valence-corrected chi connectivity index (χ0v) is 19.0. The molecule has 0 aliphatic heterocycles. The van der Waals surface area contributed by atoms with Crippen molar-refractivity contribution in [3.05, 3.63) is 76.9 Å². The van der Waals surface area contributed by atoms with Crippen molar-refractivity contribution in [3.63, 3.8) is 0 Å². The van der Waals surface area contributed by atoms with Gasteiger partial charge in [-0.2, -0.15) is 18.4 Å². The quantitative estimate of drug-likeness (QED) is 0.345. The second kappa shape index (κ2) is 9.91. The number of halogens is 3. The molecule has 6 heteroatoms. The van der Waals surface area contributed by atoms with Crippen LogP contribution in [0.3, 0.4) is 0 Å². The Hall–Kier alpha value is -3.59. The number of aliphatic imine (C=N–C) groups is 1. The van der Waals surface area contributed by atoms with Crippen LogP contribution >= 0.6 is 0 Å². The summed E-state index contributed by atoms with van der Waals surface area (Å²) in [4.78, 5) is 5.19. The summed E-state index contributed by atoms with van der Waals surface area (Å²) < 4.78 is 40.6. The maximum atomic E-state index is 13.5. The standard InChI is InChI=1S/C27H26F3N3/c1-5-6-21-14-25(15-23(16-31)19(21)3)33(17-27(28,29)30)24-10-7-20(8-11-24)22-9-12-26(32-4)18(2)13-22/h7-15H,4-6,17H2,1-3H3. The maximum absolute atomic E-state index is 13.5. The molecule has 0 heterocycles. The third kappa shape index (κ3) is 5.61. The fourth-order valence-electron chi connectivity index (χ4n) is 3.92. The SMILES string of the molecule is C=Nc1ccc(-c2ccc(N(CC(F)(F)F)c3cc(C#N)c(C)c(CCC)c3)cc2)cc1C. The predicted molar refractivity (Wildman–Crippen MR) is 129 cm³/mol.